The van der Waals surface area contributed by atoms with E-state index in [4.69, 9.17) is 4.74 Å². The summed E-state index contributed by atoms with van der Waals surface area (Å²) in [4.78, 5) is 47.8. The number of benzene rings is 2. The summed E-state index contributed by atoms with van der Waals surface area (Å²) < 4.78 is 20.0. The van der Waals surface area contributed by atoms with Crippen molar-refractivity contribution in [1.82, 2.24) is 14.7 Å². The van der Waals surface area contributed by atoms with Gasteiger partial charge in [0.1, 0.15) is 11.6 Å². The fourth-order valence-corrected chi connectivity index (χ4v) is 7.71. The number of urea groups is 1. The van der Waals surface area contributed by atoms with E-state index in [0.29, 0.717) is 50.5 Å². The van der Waals surface area contributed by atoms with Crippen LogP contribution < -0.4 is 9.64 Å². The number of hydrogen-bond donors (Lipinski definition) is 1. The zero-order valence-electron chi connectivity index (χ0n) is 27.7. The SMILES string of the molecule is CCCC(CCC)N(C(=O)CN1C[C@H](c2ccc3c(c2)CCO3)C(C(=O)O)[C@@H]1CCN1CCCN(C)C1=O)c1ccc(F)c(C)c1. The minimum Gasteiger partial charge on any atom is -0.493 e. The van der Waals surface area contributed by atoms with E-state index in [-0.39, 0.29) is 36.3 Å². The van der Waals surface area contributed by atoms with Crippen molar-refractivity contribution >= 4 is 23.6 Å². The van der Waals surface area contributed by atoms with Gasteiger partial charge in [0, 0.05) is 63.3 Å². The van der Waals surface area contributed by atoms with Crippen molar-refractivity contribution in [2.75, 3.05) is 51.3 Å². The van der Waals surface area contributed by atoms with Crippen LogP contribution in [0.1, 0.15) is 75.0 Å². The molecule has 0 radical (unpaired) electrons. The van der Waals surface area contributed by atoms with E-state index in [1.807, 2.05) is 21.9 Å². The third kappa shape index (κ3) is 7.17. The van der Waals surface area contributed by atoms with Gasteiger partial charge in [0.05, 0.1) is 19.1 Å². The fraction of sp³-hybridized carbons (Fsp3) is 0.583. The average molecular weight is 637 g/mol. The molecule has 0 aliphatic carbocycles. The summed E-state index contributed by atoms with van der Waals surface area (Å²) in [5, 5.41) is 10.7. The summed E-state index contributed by atoms with van der Waals surface area (Å²) in [7, 11) is 1.79. The van der Waals surface area contributed by atoms with E-state index in [1.54, 1.807) is 35.9 Å². The van der Waals surface area contributed by atoms with Crippen LogP contribution in [0.15, 0.2) is 36.4 Å². The van der Waals surface area contributed by atoms with Gasteiger partial charge >= 0.3 is 12.0 Å². The van der Waals surface area contributed by atoms with E-state index < -0.39 is 17.9 Å². The molecule has 1 N–H and O–H groups in total. The Morgan fingerprint density at radius 2 is 1.87 bits per heavy atom. The summed E-state index contributed by atoms with van der Waals surface area (Å²) in [6, 6.07) is 10.2. The van der Waals surface area contributed by atoms with Crippen molar-refractivity contribution in [1.29, 1.82) is 0 Å². The molecule has 9 nitrogen and oxygen atoms in total. The third-order valence-electron chi connectivity index (χ3n) is 10.0. The van der Waals surface area contributed by atoms with Crippen LogP contribution in [0.4, 0.5) is 14.9 Å². The normalized spacial score (nSPS) is 21.5. The number of amides is 3. The number of nitrogens with zero attached hydrogens (tertiary/aromatic N) is 4. The van der Waals surface area contributed by atoms with Crippen LogP contribution in [0.5, 0.6) is 5.75 Å². The molecule has 3 aliphatic heterocycles. The molecular formula is C36H49FN4O5. The maximum absolute atomic E-state index is 14.5. The van der Waals surface area contributed by atoms with Gasteiger partial charge in [-0.25, -0.2) is 9.18 Å². The Morgan fingerprint density at radius 1 is 1.11 bits per heavy atom. The van der Waals surface area contributed by atoms with E-state index in [1.165, 1.54) is 6.07 Å². The fourth-order valence-electron chi connectivity index (χ4n) is 7.71. The Morgan fingerprint density at radius 3 is 2.57 bits per heavy atom. The molecule has 2 aromatic rings. The first-order valence-electron chi connectivity index (χ1n) is 16.9. The quantitative estimate of drug-likeness (QED) is 0.304. The number of hydrogen-bond acceptors (Lipinski definition) is 5. The van der Waals surface area contributed by atoms with Crippen molar-refractivity contribution < 1.29 is 28.6 Å². The molecule has 0 spiro atoms. The number of ether oxygens (including phenoxy) is 1. The molecule has 2 fully saturated rings. The first kappa shape index (κ1) is 33.7. The van der Waals surface area contributed by atoms with Gasteiger partial charge in [0.15, 0.2) is 0 Å². The van der Waals surface area contributed by atoms with Gasteiger partial charge in [-0.05, 0) is 73.6 Å². The zero-order valence-corrected chi connectivity index (χ0v) is 27.7. The standard InChI is InChI=1S/C36H49FN4O5/c1-5-8-27(9-6-2)41(28-11-12-30(37)24(3)20-28)33(42)23-40-22-29(25-10-13-32-26(21-25)15-19-46-32)34(35(43)44)31(40)14-18-39-17-7-16-38(4)36(39)45/h10-13,20-21,27,29,31,34H,5-9,14-19,22-23H2,1-4H3,(H,43,44)/t29-,31+,34?/m1/s1. The monoisotopic (exact) mass is 636 g/mol. The minimum absolute atomic E-state index is 0.0349. The number of carboxylic acid groups (broad SMARTS) is 1. The lowest BCUT2D eigenvalue weighted by Gasteiger charge is -2.36. The molecule has 10 heteroatoms. The number of halogens is 1. The van der Waals surface area contributed by atoms with Crippen LogP contribution >= 0.6 is 0 Å². The van der Waals surface area contributed by atoms with E-state index in [0.717, 1.165) is 55.4 Å². The van der Waals surface area contributed by atoms with Crippen LogP contribution in [-0.2, 0) is 16.0 Å². The summed E-state index contributed by atoms with van der Waals surface area (Å²) in [6.07, 6.45) is 5.49. The molecule has 3 amide bonds. The highest BCUT2D eigenvalue weighted by atomic mass is 19.1. The van der Waals surface area contributed by atoms with Gasteiger partial charge in [-0.2, -0.15) is 0 Å². The summed E-state index contributed by atoms with van der Waals surface area (Å²) in [6.45, 7) is 8.71. The predicted molar refractivity (Wildman–Crippen MR) is 176 cm³/mol. The van der Waals surface area contributed by atoms with Crippen molar-refractivity contribution in [2.24, 2.45) is 5.92 Å². The molecule has 2 saturated heterocycles. The maximum atomic E-state index is 14.5. The van der Waals surface area contributed by atoms with Crippen molar-refractivity contribution in [3.8, 4) is 5.75 Å². The van der Waals surface area contributed by atoms with Crippen LogP contribution in [-0.4, -0.2) is 96.2 Å². The second-order valence-electron chi connectivity index (χ2n) is 13.2. The van der Waals surface area contributed by atoms with E-state index >= 15 is 0 Å². The number of aryl methyl sites for hydroxylation is 1. The number of carbonyl (C=O) groups excluding carboxylic acids is 2. The topological polar surface area (TPSA) is 93.6 Å². The van der Waals surface area contributed by atoms with Crippen LogP contribution in [0, 0.1) is 18.7 Å². The lowest BCUT2D eigenvalue weighted by atomic mass is 9.83. The second-order valence-corrected chi connectivity index (χ2v) is 13.2. The van der Waals surface area contributed by atoms with Crippen molar-refractivity contribution in [3.05, 3.63) is 58.9 Å². The minimum atomic E-state index is -0.898. The van der Waals surface area contributed by atoms with Gasteiger partial charge in [-0.15, -0.1) is 0 Å². The van der Waals surface area contributed by atoms with Crippen molar-refractivity contribution in [3.63, 3.8) is 0 Å². The van der Waals surface area contributed by atoms with Gasteiger partial charge in [-0.1, -0.05) is 38.8 Å². The Hall–Kier alpha value is -3.66. The highest BCUT2D eigenvalue weighted by Gasteiger charge is 2.48. The third-order valence-corrected chi connectivity index (χ3v) is 10.0. The molecule has 2 aromatic carbocycles. The van der Waals surface area contributed by atoms with Gasteiger partial charge < -0.3 is 24.5 Å². The molecule has 3 atom stereocenters. The first-order valence-corrected chi connectivity index (χ1v) is 16.9. The number of anilines is 1. The number of carboxylic acids is 1. The molecular weight excluding hydrogens is 587 g/mol. The summed E-state index contributed by atoms with van der Waals surface area (Å²) in [5.41, 5.74) is 3.16. The predicted octanol–water partition coefficient (Wildman–Crippen LogP) is 5.69. The molecule has 5 rings (SSSR count). The number of fused-ring (bicyclic) bond motifs is 1. The molecule has 0 saturated carbocycles. The Balaban J connectivity index is 1.48. The van der Waals surface area contributed by atoms with Crippen LogP contribution in [0.2, 0.25) is 0 Å². The molecule has 250 valence electrons. The molecule has 3 aliphatic rings. The lowest BCUT2D eigenvalue weighted by molar-refractivity contribution is -0.143. The molecule has 0 bridgehead atoms. The Kier molecular flexibility index (Phi) is 10.9. The smallest absolute Gasteiger partial charge is 0.319 e. The average Bonchev–Trinajstić information content (AvgIpc) is 3.64. The van der Waals surface area contributed by atoms with E-state index in [9.17, 15) is 23.9 Å². The molecule has 46 heavy (non-hydrogen) atoms. The summed E-state index contributed by atoms with van der Waals surface area (Å²) >= 11 is 0. The lowest BCUT2D eigenvalue weighted by Crippen LogP contribution is -2.50. The number of likely N-dealkylation sites (tertiary alicyclic amines) is 1. The number of carbonyl (C=O) groups is 3. The van der Waals surface area contributed by atoms with Gasteiger partial charge in [-0.3, -0.25) is 14.5 Å². The number of aliphatic carboxylic acids is 1. The van der Waals surface area contributed by atoms with Crippen LogP contribution in [0.25, 0.3) is 0 Å². The highest BCUT2D eigenvalue weighted by Crippen LogP contribution is 2.41. The van der Waals surface area contributed by atoms with Gasteiger partial charge in [0.2, 0.25) is 5.91 Å². The largest absolute Gasteiger partial charge is 0.493 e. The zero-order chi connectivity index (χ0) is 33.0. The first-order chi connectivity index (χ1) is 22.1. The Bertz CT molecular complexity index is 1410. The van der Waals surface area contributed by atoms with Gasteiger partial charge in [0.25, 0.3) is 0 Å². The van der Waals surface area contributed by atoms with Crippen molar-refractivity contribution in [2.45, 2.75) is 83.7 Å². The van der Waals surface area contributed by atoms with E-state index in [2.05, 4.69) is 19.9 Å². The molecule has 0 aromatic heterocycles. The molecule has 1 unspecified atom stereocenters. The maximum Gasteiger partial charge on any atom is 0.319 e. The Labute approximate surface area is 272 Å². The molecule has 3 heterocycles. The number of rotatable bonds is 13. The highest BCUT2D eigenvalue weighted by molar-refractivity contribution is 5.95. The van der Waals surface area contributed by atoms with Crippen LogP contribution in [0.3, 0.4) is 0 Å². The second kappa shape index (κ2) is 14.8. The summed E-state index contributed by atoms with van der Waals surface area (Å²) in [5.74, 6) is -1.58.